The van der Waals surface area contributed by atoms with Gasteiger partial charge in [0.25, 0.3) is 0 Å². The molecule has 0 aliphatic carbocycles. The van der Waals surface area contributed by atoms with Crippen molar-refractivity contribution in [3.05, 3.63) is 71.8 Å². The molecule has 3 atom stereocenters. The second-order valence-corrected chi connectivity index (χ2v) is 8.31. The number of hydrogen-bond donors (Lipinski definition) is 0. The summed E-state index contributed by atoms with van der Waals surface area (Å²) in [5.41, 5.74) is 1.98. The molecule has 2 aromatic rings. The van der Waals surface area contributed by atoms with Crippen LogP contribution in [0.2, 0.25) is 0 Å². The van der Waals surface area contributed by atoms with Crippen molar-refractivity contribution in [3.63, 3.8) is 0 Å². The van der Waals surface area contributed by atoms with Gasteiger partial charge in [-0.25, -0.2) is 0 Å². The molecule has 170 valence electrons. The summed E-state index contributed by atoms with van der Waals surface area (Å²) in [5.74, 6) is -1.09. The van der Waals surface area contributed by atoms with Crippen molar-refractivity contribution in [1.29, 1.82) is 0 Å². The average Bonchev–Trinajstić information content (AvgIpc) is 2.83. The maximum absolute atomic E-state index is 13.7. The van der Waals surface area contributed by atoms with E-state index in [-0.39, 0.29) is 29.7 Å². The number of esters is 1. The fraction of sp³-hybridized carbons (Fsp3) is 0.423. The highest BCUT2D eigenvalue weighted by molar-refractivity contribution is 5.85. The Labute approximate surface area is 190 Å². The first-order chi connectivity index (χ1) is 15.5. The molecule has 6 nitrogen and oxygen atoms in total. The minimum atomic E-state index is -0.412. The lowest BCUT2D eigenvalue weighted by Gasteiger charge is -2.42. The smallest absolute Gasteiger partial charge is 0.310 e. The Morgan fingerprint density at radius 1 is 1.09 bits per heavy atom. The summed E-state index contributed by atoms with van der Waals surface area (Å²) in [6, 6.07) is 19.3. The fourth-order valence-corrected chi connectivity index (χ4v) is 4.46. The van der Waals surface area contributed by atoms with Gasteiger partial charge in [0.1, 0.15) is 0 Å². The molecule has 32 heavy (non-hydrogen) atoms. The van der Waals surface area contributed by atoms with Crippen LogP contribution in [0.1, 0.15) is 43.9 Å². The van der Waals surface area contributed by atoms with Crippen molar-refractivity contribution < 1.29 is 19.1 Å². The number of rotatable bonds is 8. The first-order valence-electron chi connectivity index (χ1n) is 11.2. The van der Waals surface area contributed by atoms with E-state index < -0.39 is 5.92 Å². The minimum absolute atomic E-state index is 0.0253. The number of nitrogens with zero attached hydrogens (tertiary/aromatic N) is 2. The Kier molecular flexibility index (Phi) is 8.03. The molecule has 1 heterocycles. The van der Waals surface area contributed by atoms with E-state index in [9.17, 15) is 14.4 Å². The topological polar surface area (TPSA) is 66.9 Å². The summed E-state index contributed by atoms with van der Waals surface area (Å²) in [7, 11) is 1.36. The summed E-state index contributed by atoms with van der Waals surface area (Å²) >= 11 is 0. The molecular formula is C26H32N2O4. The second-order valence-electron chi connectivity index (χ2n) is 8.31. The van der Waals surface area contributed by atoms with Crippen molar-refractivity contribution in [1.82, 2.24) is 9.80 Å². The number of piperidine rings is 1. The monoisotopic (exact) mass is 436 g/mol. The van der Waals surface area contributed by atoms with Gasteiger partial charge in [0, 0.05) is 26.1 Å². The molecule has 3 unspecified atom stereocenters. The van der Waals surface area contributed by atoms with Crippen LogP contribution in [0.4, 0.5) is 0 Å². The van der Waals surface area contributed by atoms with E-state index in [2.05, 4.69) is 0 Å². The molecule has 1 aliphatic rings. The van der Waals surface area contributed by atoms with E-state index in [0.717, 1.165) is 11.1 Å². The van der Waals surface area contributed by atoms with E-state index in [0.29, 0.717) is 32.5 Å². The zero-order chi connectivity index (χ0) is 23.1. The van der Waals surface area contributed by atoms with Gasteiger partial charge >= 0.3 is 5.97 Å². The number of benzene rings is 2. The van der Waals surface area contributed by atoms with E-state index in [1.165, 1.54) is 7.11 Å². The molecule has 0 radical (unpaired) electrons. The van der Waals surface area contributed by atoms with Crippen LogP contribution in [0.25, 0.3) is 0 Å². The van der Waals surface area contributed by atoms with E-state index in [1.807, 2.05) is 72.5 Å². The van der Waals surface area contributed by atoms with Gasteiger partial charge in [0.2, 0.25) is 11.8 Å². The number of hydrogen-bond acceptors (Lipinski definition) is 4. The Hall–Kier alpha value is -3.15. The zero-order valence-corrected chi connectivity index (χ0v) is 19.1. The summed E-state index contributed by atoms with van der Waals surface area (Å²) < 4.78 is 4.84. The Morgan fingerprint density at radius 3 is 2.31 bits per heavy atom. The normalized spacial score (nSPS) is 19.3. The van der Waals surface area contributed by atoms with Gasteiger partial charge in [-0.1, -0.05) is 67.6 Å². The summed E-state index contributed by atoms with van der Waals surface area (Å²) in [4.78, 5) is 42.2. The van der Waals surface area contributed by atoms with Crippen molar-refractivity contribution in [2.75, 3.05) is 20.2 Å². The Balaban J connectivity index is 1.92. The van der Waals surface area contributed by atoms with Crippen LogP contribution in [0, 0.1) is 11.8 Å². The SMILES string of the molecule is CCN(CC(C)C(=O)OC)C(=O)C1CCC(=O)N(Cc2ccccc2)C1c1ccccc1. The van der Waals surface area contributed by atoms with Gasteiger partial charge < -0.3 is 14.5 Å². The van der Waals surface area contributed by atoms with Crippen LogP contribution >= 0.6 is 0 Å². The van der Waals surface area contributed by atoms with Gasteiger partial charge in [-0.15, -0.1) is 0 Å². The Morgan fingerprint density at radius 2 is 1.72 bits per heavy atom. The minimum Gasteiger partial charge on any atom is -0.469 e. The van der Waals surface area contributed by atoms with Gasteiger partial charge in [-0.2, -0.15) is 0 Å². The van der Waals surface area contributed by atoms with Gasteiger partial charge in [0.15, 0.2) is 0 Å². The standard InChI is InChI=1S/C26H32N2O4/c1-4-27(17-19(2)26(31)32-3)25(30)22-15-16-23(29)28(18-20-11-7-5-8-12-20)24(22)21-13-9-6-10-14-21/h5-14,19,22,24H,4,15-18H2,1-3H3. The summed E-state index contributed by atoms with van der Waals surface area (Å²) in [6.07, 6.45) is 0.822. The highest BCUT2D eigenvalue weighted by atomic mass is 16.5. The third-order valence-electron chi connectivity index (χ3n) is 6.15. The first kappa shape index (κ1) is 23.5. The van der Waals surface area contributed by atoms with Crippen molar-refractivity contribution in [2.45, 2.75) is 39.3 Å². The van der Waals surface area contributed by atoms with Gasteiger partial charge in [-0.3, -0.25) is 14.4 Å². The van der Waals surface area contributed by atoms with Crippen LogP contribution in [-0.4, -0.2) is 47.8 Å². The molecular weight excluding hydrogens is 404 g/mol. The summed E-state index contributed by atoms with van der Waals surface area (Å²) in [6.45, 7) is 4.92. The van der Waals surface area contributed by atoms with Crippen molar-refractivity contribution >= 4 is 17.8 Å². The highest BCUT2D eigenvalue weighted by Crippen LogP contribution is 2.39. The number of carbonyl (C=O) groups excluding carboxylic acids is 3. The van der Waals surface area contributed by atoms with Gasteiger partial charge in [-0.05, 0) is 24.5 Å². The third kappa shape index (κ3) is 5.36. The highest BCUT2D eigenvalue weighted by Gasteiger charge is 2.42. The number of methoxy groups -OCH3 is 1. The first-order valence-corrected chi connectivity index (χ1v) is 11.2. The molecule has 0 spiro atoms. The van der Waals surface area contributed by atoms with Crippen LogP contribution in [0.5, 0.6) is 0 Å². The zero-order valence-electron chi connectivity index (χ0n) is 19.1. The predicted octanol–water partition coefficient (Wildman–Crippen LogP) is 3.82. The molecule has 0 aromatic heterocycles. The predicted molar refractivity (Wildman–Crippen MR) is 122 cm³/mol. The number of likely N-dealkylation sites (tertiary alicyclic amines) is 1. The van der Waals surface area contributed by atoms with Gasteiger partial charge in [0.05, 0.1) is 25.0 Å². The van der Waals surface area contributed by atoms with Crippen molar-refractivity contribution in [2.24, 2.45) is 11.8 Å². The van der Waals surface area contributed by atoms with E-state index >= 15 is 0 Å². The van der Waals surface area contributed by atoms with Crippen LogP contribution < -0.4 is 0 Å². The Bertz CT molecular complexity index is 916. The van der Waals surface area contributed by atoms with E-state index in [4.69, 9.17) is 4.74 Å². The molecule has 1 saturated heterocycles. The lowest BCUT2D eigenvalue weighted by molar-refractivity contribution is -0.150. The number of ether oxygens (including phenoxy) is 1. The largest absolute Gasteiger partial charge is 0.469 e. The van der Waals surface area contributed by atoms with Crippen LogP contribution in [-0.2, 0) is 25.7 Å². The molecule has 3 rings (SSSR count). The molecule has 2 amide bonds. The quantitative estimate of drug-likeness (QED) is 0.590. The summed E-state index contributed by atoms with van der Waals surface area (Å²) in [5, 5.41) is 0. The second kappa shape index (κ2) is 10.9. The molecule has 6 heteroatoms. The van der Waals surface area contributed by atoms with E-state index in [1.54, 1.807) is 11.8 Å². The van der Waals surface area contributed by atoms with Crippen molar-refractivity contribution in [3.8, 4) is 0 Å². The molecule has 2 aromatic carbocycles. The number of amides is 2. The van der Waals surface area contributed by atoms with Crippen LogP contribution in [0.15, 0.2) is 60.7 Å². The van der Waals surface area contributed by atoms with Crippen LogP contribution in [0.3, 0.4) is 0 Å². The maximum Gasteiger partial charge on any atom is 0.310 e. The third-order valence-corrected chi connectivity index (χ3v) is 6.15. The maximum atomic E-state index is 13.7. The lowest BCUT2D eigenvalue weighted by atomic mass is 9.82. The average molecular weight is 437 g/mol. The lowest BCUT2D eigenvalue weighted by Crippen LogP contribution is -2.49. The molecule has 0 bridgehead atoms. The number of carbonyl (C=O) groups is 3. The molecule has 0 N–H and O–H groups in total. The molecule has 1 fully saturated rings. The molecule has 0 saturated carbocycles. The fourth-order valence-electron chi connectivity index (χ4n) is 4.46. The molecule has 1 aliphatic heterocycles.